The third kappa shape index (κ3) is 3.70. The number of hydrogen-bond acceptors (Lipinski definition) is 3. The molecule has 2 N–H and O–H groups in total. The number of anilines is 2. The Morgan fingerprint density at radius 2 is 1.64 bits per heavy atom. The SMILES string of the molecule is C(=C\c1cscc1-c1cc(Nc2ccccc2)n[nH]1)/c1ccccc1. The molecule has 4 rings (SSSR count). The molecule has 4 aromatic rings. The van der Waals surface area contributed by atoms with Crippen LogP contribution in [0.1, 0.15) is 11.1 Å². The Balaban J connectivity index is 1.55. The largest absolute Gasteiger partial charge is 0.339 e. The number of para-hydroxylation sites is 1. The molecule has 0 fully saturated rings. The molecule has 0 aliphatic carbocycles. The van der Waals surface area contributed by atoms with E-state index in [2.05, 4.69) is 50.6 Å². The van der Waals surface area contributed by atoms with Crippen molar-refractivity contribution in [3.8, 4) is 11.3 Å². The van der Waals surface area contributed by atoms with E-state index in [0.29, 0.717) is 0 Å². The van der Waals surface area contributed by atoms with Gasteiger partial charge in [0.05, 0.1) is 5.69 Å². The molecular weight excluding hydrogens is 326 g/mol. The number of aromatic nitrogens is 2. The highest BCUT2D eigenvalue weighted by atomic mass is 32.1. The third-order valence-electron chi connectivity index (χ3n) is 3.86. The number of H-pyrrole nitrogens is 1. The van der Waals surface area contributed by atoms with Gasteiger partial charge in [-0.15, -0.1) is 0 Å². The van der Waals surface area contributed by atoms with Crippen molar-refractivity contribution in [3.63, 3.8) is 0 Å². The molecule has 0 saturated carbocycles. The standard InChI is InChI=1S/C21H17N3S/c1-3-7-16(8-4-1)11-12-17-14-25-15-19(17)20-13-21(24-23-20)22-18-9-5-2-6-10-18/h1-15H,(H2,22,23,24)/b12-11+. The van der Waals surface area contributed by atoms with Crippen LogP contribution in [0.2, 0.25) is 0 Å². The molecule has 0 radical (unpaired) electrons. The lowest BCUT2D eigenvalue weighted by molar-refractivity contribution is 1.10. The first-order valence-electron chi connectivity index (χ1n) is 8.06. The van der Waals surface area contributed by atoms with Gasteiger partial charge in [-0.2, -0.15) is 16.4 Å². The van der Waals surface area contributed by atoms with Crippen LogP contribution in [-0.2, 0) is 0 Å². The number of benzene rings is 2. The van der Waals surface area contributed by atoms with Gasteiger partial charge in [0.25, 0.3) is 0 Å². The predicted octanol–water partition coefficient (Wildman–Crippen LogP) is 6.05. The zero-order valence-corrected chi connectivity index (χ0v) is 14.3. The Hall–Kier alpha value is -3.11. The topological polar surface area (TPSA) is 40.7 Å². The maximum absolute atomic E-state index is 4.37. The second-order valence-corrected chi connectivity index (χ2v) is 6.39. The second kappa shape index (κ2) is 7.20. The first-order valence-corrected chi connectivity index (χ1v) is 9.00. The van der Waals surface area contributed by atoms with Crippen molar-refractivity contribution in [1.82, 2.24) is 10.2 Å². The van der Waals surface area contributed by atoms with Crippen molar-refractivity contribution < 1.29 is 0 Å². The summed E-state index contributed by atoms with van der Waals surface area (Å²) in [4.78, 5) is 0. The van der Waals surface area contributed by atoms with Crippen LogP contribution in [0.15, 0.2) is 77.5 Å². The van der Waals surface area contributed by atoms with Crippen LogP contribution >= 0.6 is 11.3 Å². The Labute approximate surface area is 150 Å². The first-order chi connectivity index (χ1) is 12.4. The minimum absolute atomic E-state index is 0.811. The molecule has 122 valence electrons. The molecule has 2 aromatic carbocycles. The van der Waals surface area contributed by atoms with Crippen molar-refractivity contribution in [3.05, 3.63) is 88.6 Å². The van der Waals surface area contributed by atoms with Gasteiger partial charge < -0.3 is 5.32 Å². The summed E-state index contributed by atoms with van der Waals surface area (Å²) in [6.45, 7) is 0. The van der Waals surface area contributed by atoms with Gasteiger partial charge in [0.2, 0.25) is 0 Å². The number of thiophene rings is 1. The highest BCUT2D eigenvalue weighted by Gasteiger charge is 2.08. The van der Waals surface area contributed by atoms with E-state index < -0.39 is 0 Å². The summed E-state index contributed by atoms with van der Waals surface area (Å²) in [5.41, 5.74) is 5.56. The predicted molar refractivity (Wildman–Crippen MR) is 107 cm³/mol. The van der Waals surface area contributed by atoms with Crippen LogP contribution in [0.25, 0.3) is 23.4 Å². The van der Waals surface area contributed by atoms with Gasteiger partial charge in [-0.05, 0) is 28.6 Å². The number of aromatic amines is 1. The van der Waals surface area contributed by atoms with Gasteiger partial charge in [-0.3, -0.25) is 5.10 Å². The Morgan fingerprint density at radius 3 is 2.44 bits per heavy atom. The Kier molecular flexibility index (Phi) is 4.44. The van der Waals surface area contributed by atoms with Crippen molar-refractivity contribution in [1.29, 1.82) is 0 Å². The van der Waals surface area contributed by atoms with Crippen molar-refractivity contribution in [2.24, 2.45) is 0 Å². The average molecular weight is 343 g/mol. The Bertz CT molecular complexity index is 969. The quantitative estimate of drug-likeness (QED) is 0.463. The molecule has 2 heterocycles. The molecule has 0 atom stereocenters. The van der Waals surface area contributed by atoms with Crippen molar-refractivity contribution in [2.75, 3.05) is 5.32 Å². The van der Waals surface area contributed by atoms with Crippen LogP contribution in [0, 0.1) is 0 Å². The fourth-order valence-electron chi connectivity index (χ4n) is 2.60. The van der Waals surface area contributed by atoms with Crippen molar-refractivity contribution in [2.45, 2.75) is 0 Å². The second-order valence-electron chi connectivity index (χ2n) is 5.64. The molecular formula is C21H17N3S. The zero-order chi connectivity index (χ0) is 16.9. The van der Waals surface area contributed by atoms with Crippen LogP contribution in [-0.4, -0.2) is 10.2 Å². The molecule has 0 aliphatic rings. The van der Waals surface area contributed by atoms with E-state index >= 15 is 0 Å². The lowest BCUT2D eigenvalue weighted by Crippen LogP contribution is -1.88. The smallest absolute Gasteiger partial charge is 0.152 e. The highest BCUT2D eigenvalue weighted by molar-refractivity contribution is 7.08. The van der Waals surface area contributed by atoms with Gasteiger partial charge in [0.1, 0.15) is 0 Å². The number of nitrogens with one attached hydrogen (secondary N) is 2. The molecule has 0 saturated heterocycles. The Morgan fingerprint density at radius 1 is 0.880 bits per heavy atom. The number of nitrogens with zero attached hydrogens (tertiary/aromatic N) is 1. The summed E-state index contributed by atoms with van der Waals surface area (Å²) >= 11 is 1.69. The van der Waals surface area contributed by atoms with Gasteiger partial charge in [0, 0.05) is 22.7 Å². The fraction of sp³-hybridized carbons (Fsp3) is 0. The summed E-state index contributed by atoms with van der Waals surface area (Å²) in [6, 6.07) is 22.4. The minimum Gasteiger partial charge on any atom is -0.339 e. The van der Waals surface area contributed by atoms with Gasteiger partial charge in [-0.25, -0.2) is 0 Å². The fourth-order valence-corrected chi connectivity index (χ4v) is 3.42. The van der Waals surface area contributed by atoms with Gasteiger partial charge in [0.15, 0.2) is 5.82 Å². The monoisotopic (exact) mass is 343 g/mol. The molecule has 4 heteroatoms. The molecule has 0 bridgehead atoms. The van der Waals surface area contributed by atoms with Crippen LogP contribution < -0.4 is 5.32 Å². The van der Waals surface area contributed by atoms with Crippen LogP contribution in [0.3, 0.4) is 0 Å². The minimum atomic E-state index is 0.811. The van der Waals surface area contributed by atoms with E-state index in [1.807, 2.05) is 54.6 Å². The highest BCUT2D eigenvalue weighted by Crippen LogP contribution is 2.29. The molecule has 0 amide bonds. The summed E-state index contributed by atoms with van der Waals surface area (Å²) in [5, 5.41) is 15.1. The molecule has 3 nitrogen and oxygen atoms in total. The van der Waals surface area contributed by atoms with Crippen molar-refractivity contribution >= 4 is 35.0 Å². The zero-order valence-electron chi connectivity index (χ0n) is 13.5. The van der Waals surface area contributed by atoms with E-state index in [0.717, 1.165) is 22.8 Å². The molecule has 25 heavy (non-hydrogen) atoms. The number of rotatable bonds is 5. The average Bonchev–Trinajstić information content (AvgIpc) is 3.31. The van der Waals surface area contributed by atoms with Crippen LogP contribution in [0.4, 0.5) is 11.5 Å². The third-order valence-corrected chi connectivity index (χ3v) is 4.62. The molecule has 0 unspecified atom stereocenters. The van der Waals surface area contributed by atoms with Crippen LogP contribution in [0.5, 0.6) is 0 Å². The van der Waals surface area contributed by atoms with E-state index in [1.54, 1.807) is 11.3 Å². The molecule has 0 spiro atoms. The maximum atomic E-state index is 4.37. The molecule has 0 aliphatic heterocycles. The van der Waals surface area contributed by atoms with E-state index in [9.17, 15) is 0 Å². The lowest BCUT2D eigenvalue weighted by atomic mass is 10.1. The van der Waals surface area contributed by atoms with E-state index in [4.69, 9.17) is 0 Å². The van der Waals surface area contributed by atoms with E-state index in [1.165, 1.54) is 11.1 Å². The van der Waals surface area contributed by atoms with Gasteiger partial charge in [-0.1, -0.05) is 60.7 Å². The number of hydrogen-bond donors (Lipinski definition) is 2. The first kappa shape index (κ1) is 15.4. The summed E-state index contributed by atoms with van der Waals surface area (Å²) < 4.78 is 0. The summed E-state index contributed by atoms with van der Waals surface area (Å²) in [5.74, 6) is 0.811. The van der Waals surface area contributed by atoms with E-state index in [-0.39, 0.29) is 0 Å². The normalized spacial score (nSPS) is 11.0. The molecule has 2 aromatic heterocycles. The summed E-state index contributed by atoms with van der Waals surface area (Å²) in [6.07, 6.45) is 4.28. The van der Waals surface area contributed by atoms with Gasteiger partial charge >= 0.3 is 0 Å². The summed E-state index contributed by atoms with van der Waals surface area (Å²) in [7, 11) is 0. The lowest BCUT2D eigenvalue weighted by Gasteiger charge is -2.00. The maximum Gasteiger partial charge on any atom is 0.152 e.